The monoisotopic (exact) mass is 712 g/mol. The number of carbonyl (C=O) groups excluding carboxylic acids is 2. The van der Waals surface area contributed by atoms with E-state index in [1.807, 2.05) is 45.3 Å². The fourth-order valence-electron chi connectivity index (χ4n) is 13.9. The van der Waals surface area contributed by atoms with Crippen LogP contribution in [0.1, 0.15) is 111 Å². The van der Waals surface area contributed by atoms with Gasteiger partial charge in [-0.2, -0.15) is 0 Å². The fourth-order valence-corrected chi connectivity index (χ4v) is 13.9. The number of hydrogen-bond donors (Lipinski definition) is 4. The van der Waals surface area contributed by atoms with E-state index in [2.05, 4.69) is 46.6 Å². The van der Waals surface area contributed by atoms with E-state index in [1.54, 1.807) is 0 Å². The minimum absolute atomic E-state index is 0.0962. The number of likely N-dealkylation sites (N-methyl/N-ethyl adjacent to an activating group) is 1. The van der Waals surface area contributed by atoms with Crippen LogP contribution >= 0.6 is 0 Å². The van der Waals surface area contributed by atoms with Crippen LogP contribution in [-0.4, -0.2) is 52.1 Å². The van der Waals surface area contributed by atoms with Gasteiger partial charge in [0.2, 0.25) is 5.91 Å². The summed E-state index contributed by atoms with van der Waals surface area (Å²) in [5.74, 6) is 1.84. The number of amides is 1. The molecule has 1 aromatic carbocycles. The number of esters is 1. The van der Waals surface area contributed by atoms with Gasteiger partial charge in [0.05, 0.1) is 35.7 Å². The van der Waals surface area contributed by atoms with E-state index in [0.717, 1.165) is 68.4 Å². The second-order valence-corrected chi connectivity index (χ2v) is 18.9. The quantitative estimate of drug-likeness (QED) is 0.210. The topological polar surface area (TPSA) is 133 Å². The first kappa shape index (κ1) is 35.8. The number of carboxylic acids is 1. The zero-order valence-corrected chi connectivity index (χ0v) is 31.9. The van der Waals surface area contributed by atoms with Crippen molar-refractivity contribution in [3.05, 3.63) is 42.4 Å². The first-order valence-corrected chi connectivity index (χ1v) is 20.3. The molecule has 6 aliphatic rings. The molecule has 4 N–H and O–H groups in total. The highest BCUT2D eigenvalue weighted by Gasteiger charge is 2.66. The molecular formula is C43H60N4O5. The number of nitrogens with zero attached hydrogens (tertiary/aromatic N) is 1. The molecule has 6 aliphatic carbocycles. The zero-order valence-electron chi connectivity index (χ0n) is 31.9. The Labute approximate surface area is 309 Å². The third-order valence-corrected chi connectivity index (χ3v) is 16.7. The number of hydrogen-bond acceptors (Lipinski definition) is 6. The third-order valence-electron chi connectivity index (χ3n) is 16.7. The van der Waals surface area contributed by atoms with Crippen LogP contribution in [0.2, 0.25) is 0 Å². The molecule has 0 spiro atoms. The molecule has 9 heteroatoms. The summed E-state index contributed by atoms with van der Waals surface area (Å²) in [6.45, 7) is 9.36. The zero-order chi connectivity index (χ0) is 36.6. The van der Waals surface area contributed by atoms with Crippen molar-refractivity contribution < 1.29 is 24.2 Å². The summed E-state index contributed by atoms with van der Waals surface area (Å²) >= 11 is 0. The number of ether oxygens (including phenoxy) is 1. The molecule has 1 heterocycles. The van der Waals surface area contributed by atoms with Gasteiger partial charge >= 0.3 is 11.9 Å². The number of H-pyrrole nitrogens is 1. The van der Waals surface area contributed by atoms with Gasteiger partial charge in [-0.1, -0.05) is 64.4 Å². The van der Waals surface area contributed by atoms with Crippen LogP contribution in [0.5, 0.6) is 0 Å². The van der Waals surface area contributed by atoms with Gasteiger partial charge in [-0.05, 0) is 129 Å². The number of aliphatic carboxylic acids is 1. The summed E-state index contributed by atoms with van der Waals surface area (Å²) < 4.78 is 6.32. The van der Waals surface area contributed by atoms with Crippen molar-refractivity contribution >= 4 is 17.8 Å². The lowest BCUT2D eigenvalue weighted by molar-refractivity contribution is -0.202. The normalized spacial score (nSPS) is 41.7. The van der Waals surface area contributed by atoms with Crippen LogP contribution in [0.3, 0.4) is 0 Å². The number of imidazole rings is 1. The van der Waals surface area contributed by atoms with Crippen molar-refractivity contribution in [1.29, 1.82) is 0 Å². The first-order valence-electron chi connectivity index (χ1n) is 20.3. The Kier molecular flexibility index (Phi) is 8.94. The predicted molar refractivity (Wildman–Crippen MR) is 198 cm³/mol. The molecule has 1 amide bonds. The van der Waals surface area contributed by atoms with Crippen molar-refractivity contribution in [1.82, 2.24) is 20.6 Å². The maximum Gasteiger partial charge on any atom is 0.309 e. The van der Waals surface area contributed by atoms with E-state index in [1.165, 1.54) is 19.3 Å². The van der Waals surface area contributed by atoms with E-state index in [4.69, 9.17) is 4.74 Å². The average molecular weight is 713 g/mol. The van der Waals surface area contributed by atoms with E-state index < -0.39 is 17.3 Å². The Balaban J connectivity index is 0.940. The van der Waals surface area contributed by atoms with Crippen molar-refractivity contribution in [3.63, 3.8) is 0 Å². The molecule has 12 unspecified atom stereocenters. The van der Waals surface area contributed by atoms with Crippen molar-refractivity contribution in [2.45, 2.75) is 123 Å². The molecule has 282 valence electrons. The highest BCUT2D eigenvalue weighted by molar-refractivity contribution is 5.83. The van der Waals surface area contributed by atoms with E-state index in [9.17, 15) is 19.5 Å². The molecule has 6 fully saturated rings. The molecule has 6 saturated carbocycles. The SMILES string of the molecule is CNC1C(OC(=O)C2CC(C(=O)O)C2(C)C)CCC2(C)C1CCC1(C)C3CCC4(C(=O)NCc5ncc(-c6ccccc6)[nH]5)CCCC4C3CCC12. The number of rotatable bonds is 8. The first-order chi connectivity index (χ1) is 24.8. The van der Waals surface area contributed by atoms with Crippen LogP contribution in [0.15, 0.2) is 36.5 Å². The molecule has 0 aliphatic heterocycles. The summed E-state index contributed by atoms with van der Waals surface area (Å²) in [5.41, 5.74) is 1.61. The van der Waals surface area contributed by atoms with E-state index >= 15 is 0 Å². The van der Waals surface area contributed by atoms with Gasteiger partial charge in [0, 0.05) is 6.04 Å². The lowest BCUT2D eigenvalue weighted by atomic mass is 9.38. The number of carbonyl (C=O) groups is 3. The summed E-state index contributed by atoms with van der Waals surface area (Å²) in [5, 5.41) is 16.6. The Morgan fingerprint density at radius 2 is 1.62 bits per heavy atom. The standard InChI is InChI=1S/C43H60N4O5/c1-40(2)30(37(48)49)22-31(40)38(50)52-33-17-20-42(4)29(36(33)44-5)15-19-41(3)27-16-21-43(18-9-12-28(43)26(27)13-14-34(41)42)39(51)46-24-35-45-23-32(47-35)25-10-7-6-8-11-25/h6-8,10-11,23,26-31,33-34,36,44H,9,12-22,24H2,1-5H3,(H,45,47)(H,46,51)(H,48,49). The maximum atomic E-state index is 14.2. The molecule has 2 aromatic rings. The molecule has 12 atom stereocenters. The molecule has 52 heavy (non-hydrogen) atoms. The summed E-state index contributed by atoms with van der Waals surface area (Å²) in [7, 11) is 2.02. The lowest BCUT2D eigenvalue weighted by Crippen LogP contribution is -2.65. The summed E-state index contributed by atoms with van der Waals surface area (Å²) in [4.78, 5) is 47.4. The second-order valence-electron chi connectivity index (χ2n) is 18.9. The molecule has 1 aromatic heterocycles. The minimum atomic E-state index is -0.821. The van der Waals surface area contributed by atoms with Crippen molar-refractivity contribution in [2.24, 2.45) is 63.1 Å². The summed E-state index contributed by atoms with van der Waals surface area (Å²) in [6, 6.07) is 10.3. The van der Waals surface area contributed by atoms with Gasteiger partial charge in [0.15, 0.2) is 0 Å². The van der Waals surface area contributed by atoms with Crippen LogP contribution in [-0.2, 0) is 25.7 Å². The highest BCUT2D eigenvalue weighted by atomic mass is 16.5. The maximum absolute atomic E-state index is 14.2. The van der Waals surface area contributed by atoms with Crippen LogP contribution in [0.4, 0.5) is 0 Å². The van der Waals surface area contributed by atoms with Crippen LogP contribution in [0, 0.1) is 63.1 Å². The fraction of sp³-hybridized carbons (Fsp3) is 0.721. The predicted octanol–water partition coefficient (Wildman–Crippen LogP) is 7.38. The summed E-state index contributed by atoms with van der Waals surface area (Å²) in [6.07, 6.45) is 14.1. The Morgan fingerprint density at radius 1 is 0.885 bits per heavy atom. The van der Waals surface area contributed by atoms with Crippen molar-refractivity contribution in [2.75, 3.05) is 7.05 Å². The van der Waals surface area contributed by atoms with Crippen LogP contribution < -0.4 is 10.6 Å². The van der Waals surface area contributed by atoms with Gasteiger partial charge in [0.25, 0.3) is 0 Å². The number of fused-ring (bicyclic) bond motifs is 7. The van der Waals surface area contributed by atoms with Crippen molar-refractivity contribution in [3.8, 4) is 11.3 Å². The Bertz CT molecular complexity index is 1690. The Hall–Kier alpha value is -3.20. The molecule has 0 bridgehead atoms. The molecular weight excluding hydrogens is 652 g/mol. The number of aromatic nitrogens is 2. The molecule has 0 saturated heterocycles. The number of benzene rings is 1. The van der Waals surface area contributed by atoms with E-state index in [-0.39, 0.29) is 46.2 Å². The number of nitrogens with one attached hydrogen (secondary N) is 3. The smallest absolute Gasteiger partial charge is 0.309 e. The number of aromatic amines is 1. The van der Waals surface area contributed by atoms with Gasteiger partial charge in [-0.15, -0.1) is 0 Å². The Morgan fingerprint density at radius 3 is 2.35 bits per heavy atom. The molecule has 0 radical (unpaired) electrons. The van der Waals surface area contributed by atoms with Gasteiger partial charge in [0.1, 0.15) is 11.9 Å². The van der Waals surface area contributed by atoms with Gasteiger partial charge in [-0.3, -0.25) is 14.4 Å². The van der Waals surface area contributed by atoms with E-state index in [0.29, 0.717) is 42.6 Å². The van der Waals surface area contributed by atoms with Gasteiger partial charge in [-0.25, -0.2) is 4.98 Å². The number of carboxylic acid groups (broad SMARTS) is 1. The van der Waals surface area contributed by atoms with Gasteiger partial charge < -0.3 is 25.5 Å². The van der Waals surface area contributed by atoms with Crippen LogP contribution in [0.25, 0.3) is 11.3 Å². The highest BCUT2D eigenvalue weighted by Crippen LogP contribution is 2.71. The average Bonchev–Trinajstić information content (AvgIpc) is 3.79. The minimum Gasteiger partial charge on any atom is -0.481 e. The molecule has 8 rings (SSSR count). The largest absolute Gasteiger partial charge is 0.481 e. The molecule has 9 nitrogen and oxygen atoms in total. The lowest BCUT2D eigenvalue weighted by Gasteiger charge is -2.67. The third kappa shape index (κ3) is 5.40. The second kappa shape index (κ2) is 13.0.